The quantitative estimate of drug-likeness (QED) is 0.691. The van der Waals surface area contributed by atoms with E-state index < -0.39 is 12.0 Å². The Hall–Kier alpha value is -2.98. The summed E-state index contributed by atoms with van der Waals surface area (Å²) in [5.74, 6) is -1.14. The number of pyridine rings is 1. The Balaban J connectivity index is 1.68. The number of carbonyl (C=O) groups is 3. The summed E-state index contributed by atoms with van der Waals surface area (Å²) in [5.41, 5.74) is 1.84. The second-order valence-electron chi connectivity index (χ2n) is 7.26. The van der Waals surface area contributed by atoms with Gasteiger partial charge in [0.2, 0.25) is 5.91 Å². The third kappa shape index (κ3) is 4.54. The minimum Gasteiger partial charge on any atom is -0.469 e. The van der Waals surface area contributed by atoms with Gasteiger partial charge in [0.05, 0.1) is 36.6 Å². The molecule has 31 heavy (non-hydrogen) atoms. The number of esters is 1. The fourth-order valence-electron chi connectivity index (χ4n) is 3.76. The molecule has 2 aliphatic rings. The van der Waals surface area contributed by atoms with Gasteiger partial charge in [0.1, 0.15) is 6.04 Å². The van der Waals surface area contributed by atoms with E-state index in [1.165, 1.54) is 23.3 Å². The van der Waals surface area contributed by atoms with Gasteiger partial charge < -0.3 is 24.6 Å². The van der Waals surface area contributed by atoms with E-state index in [1.807, 2.05) is 18.2 Å². The van der Waals surface area contributed by atoms with Gasteiger partial charge in [-0.25, -0.2) is 0 Å². The zero-order valence-electron chi connectivity index (χ0n) is 17.2. The minimum absolute atomic E-state index is 0.175. The maximum Gasteiger partial charge on any atom is 0.308 e. The second-order valence-corrected chi connectivity index (χ2v) is 8.29. The van der Waals surface area contributed by atoms with E-state index >= 15 is 0 Å². The van der Waals surface area contributed by atoms with Crippen molar-refractivity contribution in [1.29, 1.82) is 0 Å². The normalized spacial score (nSPS) is 19.1. The average molecular weight is 445 g/mol. The Kier molecular flexibility index (Phi) is 6.47. The third-order valence-electron chi connectivity index (χ3n) is 5.37. The lowest BCUT2D eigenvalue weighted by Gasteiger charge is -2.34. The molecule has 2 aromatic rings. The van der Waals surface area contributed by atoms with Crippen LogP contribution >= 0.6 is 11.3 Å². The molecule has 0 aromatic carbocycles. The average Bonchev–Trinajstić information content (AvgIpc) is 3.26. The highest BCUT2D eigenvalue weighted by Crippen LogP contribution is 2.40. The van der Waals surface area contributed by atoms with Gasteiger partial charge in [-0.2, -0.15) is 0 Å². The molecule has 0 aliphatic carbocycles. The first kappa shape index (κ1) is 21.3. The van der Waals surface area contributed by atoms with Crippen LogP contribution in [-0.4, -0.2) is 80.2 Å². The smallest absolute Gasteiger partial charge is 0.308 e. The molecule has 0 bridgehead atoms. The molecule has 9 nitrogen and oxygen atoms in total. The van der Waals surface area contributed by atoms with Crippen molar-refractivity contribution in [1.82, 2.24) is 15.2 Å². The first-order valence-electron chi connectivity index (χ1n) is 10.1. The Morgan fingerprint density at radius 1 is 1.32 bits per heavy atom. The number of anilines is 1. The Morgan fingerprint density at radius 2 is 2.13 bits per heavy atom. The highest BCUT2D eigenvalue weighted by molar-refractivity contribution is 7.18. The van der Waals surface area contributed by atoms with Gasteiger partial charge in [0, 0.05) is 49.7 Å². The molecule has 2 aromatic heterocycles. The fraction of sp³-hybridized carbons (Fsp3) is 0.429. The molecule has 0 spiro atoms. The Labute approximate surface area is 183 Å². The third-order valence-corrected chi connectivity index (χ3v) is 6.56. The van der Waals surface area contributed by atoms with E-state index in [0.29, 0.717) is 31.2 Å². The van der Waals surface area contributed by atoms with Crippen LogP contribution in [0.15, 0.2) is 30.6 Å². The topological polar surface area (TPSA) is 101 Å². The van der Waals surface area contributed by atoms with Gasteiger partial charge in [-0.15, -0.1) is 11.3 Å². The summed E-state index contributed by atoms with van der Waals surface area (Å²) in [6.07, 6.45) is 3.31. The fourth-order valence-corrected chi connectivity index (χ4v) is 4.95. The van der Waals surface area contributed by atoms with Crippen molar-refractivity contribution in [3.63, 3.8) is 0 Å². The summed E-state index contributed by atoms with van der Waals surface area (Å²) < 4.78 is 10.2. The lowest BCUT2D eigenvalue weighted by molar-refractivity contribution is -0.145. The first-order valence-corrected chi connectivity index (χ1v) is 10.9. The number of amides is 2. The second kappa shape index (κ2) is 9.44. The maximum absolute atomic E-state index is 13.5. The highest BCUT2D eigenvalue weighted by Gasteiger charge is 2.36. The first-order chi connectivity index (χ1) is 15.1. The largest absolute Gasteiger partial charge is 0.469 e. The number of rotatable bonds is 5. The number of hydrogen-bond donors (Lipinski definition) is 1. The van der Waals surface area contributed by atoms with Crippen molar-refractivity contribution in [3.8, 4) is 11.1 Å². The van der Waals surface area contributed by atoms with Crippen molar-refractivity contribution in [3.05, 3.63) is 35.5 Å². The maximum atomic E-state index is 13.5. The number of ether oxygens (including phenoxy) is 2. The van der Waals surface area contributed by atoms with E-state index in [0.717, 1.165) is 29.2 Å². The Bertz CT molecular complexity index is 958. The molecule has 1 atom stereocenters. The standard InChI is InChI=1S/C21H24N4O5S/c1-29-18(26)12-16-19(27)23-5-6-25(16)20(28)17-11-15(14-3-2-4-22-13-14)21(31-17)24-7-9-30-10-8-24/h2-4,11,13,16H,5-10,12H2,1H3,(H,23,27). The number of carbonyl (C=O) groups excluding carboxylic acids is 3. The van der Waals surface area contributed by atoms with Crippen LogP contribution < -0.4 is 10.2 Å². The summed E-state index contributed by atoms with van der Waals surface area (Å²) in [6.45, 7) is 3.40. The number of nitrogens with zero attached hydrogens (tertiary/aromatic N) is 3. The lowest BCUT2D eigenvalue weighted by Crippen LogP contribution is -2.57. The van der Waals surface area contributed by atoms with Crippen molar-refractivity contribution in [2.45, 2.75) is 12.5 Å². The highest BCUT2D eigenvalue weighted by atomic mass is 32.1. The van der Waals surface area contributed by atoms with Crippen LogP contribution in [0.25, 0.3) is 11.1 Å². The number of thiophene rings is 1. The van der Waals surface area contributed by atoms with Gasteiger partial charge in [0.15, 0.2) is 0 Å². The van der Waals surface area contributed by atoms with Crippen LogP contribution in [0.4, 0.5) is 5.00 Å². The molecule has 2 amide bonds. The van der Waals surface area contributed by atoms with E-state index in [4.69, 9.17) is 9.47 Å². The van der Waals surface area contributed by atoms with Gasteiger partial charge >= 0.3 is 5.97 Å². The molecule has 10 heteroatoms. The molecule has 1 unspecified atom stereocenters. The molecular formula is C21H24N4O5S. The summed E-state index contributed by atoms with van der Waals surface area (Å²) in [5, 5.41) is 3.70. The number of aromatic nitrogens is 1. The molecule has 0 saturated carbocycles. The van der Waals surface area contributed by atoms with E-state index in [1.54, 1.807) is 12.4 Å². The number of morpholine rings is 1. The summed E-state index contributed by atoms with van der Waals surface area (Å²) in [7, 11) is 1.27. The zero-order valence-corrected chi connectivity index (χ0v) is 18.0. The molecular weight excluding hydrogens is 420 g/mol. The molecule has 2 saturated heterocycles. The molecule has 1 N–H and O–H groups in total. The minimum atomic E-state index is -0.885. The van der Waals surface area contributed by atoms with Crippen molar-refractivity contribution < 1.29 is 23.9 Å². The molecule has 0 radical (unpaired) electrons. The van der Waals surface area contributed by atoms with Crippen LogP contribution in [-0.2, 0) is 19.1 Å². The van der Waals surface area contributed by atoms with Crippen LogP contribution in [0.3, 0.4) is 0 Å². The Morgan fingerprint density at radius 3 is 2.84 bits per heavy atom. The zero-order chi connectivity index (χ0) is 21.8. The predicted molar refractivity (Wildman–Crippen MR) is 115 cm³/mol. The van der Waals surface area contributed by atoms with Crippen molar-refractivity contribution in [2.24, 2.45) is 0 Å². The molecule has 4 heterocycles. The summed E-state index contributed by atoms with van der Waals surface area (Å²) in [6, 6.07) is 4.79. The SMILES string of the molecule is COC(=O)CC1C(=O)NCCN1C(=O)c1cc(-c2cccnc2)c(N2CCOCC2)s1. The van der Waals surface area contributed by atoms with Crippen molar-refractivity contribution in [2.75, 3.05) is 51.4 Å². The van der Waals surface area contributed by atoms with Gasteiger partial charge in [-0.1, -0.05) is 6.07 Å². The van der Waals surface area contributed by atoms with Crippen LogP contribution in [0.5, 0.6) is 0 Å². The van der Waals surface area contributed by atoms with Gasteiger partial charge in [-0.05, 0) is 12.1 Å². The van der Waals surface area contributed by atoms with Gasteiger partial charge in [0.25, 0.3) is 5.91 Å². The van der Waals surface area contributed by atoms with Crippen LogP contribution in [0, 0.1) is 0 Å². The van der Waals surface area contributed by atoms with Crippen molar-refractivity contribution >= 4 is 34.1 Å². The van der Waals surface area contributed by atoms with Crippen LogP contribution in [0.1, 0.15) is 16.1 Å². The van der Waals surface area contributed by atoms with Gasteiger partial charge in [-0.3, -0.25) is 19.4 Å². The van der Waals surface area contributed by atoms with Crippen LogP contribution in [0.2, 0.25) is 0 Å². The lowest BCUT2D eigenvalue weighted by atomic mass is 10.1. The molecule has 4 rings (SSSR count). The van der Waals surface area contributed by atoms with E-state index in [2.05, 4.69) is 15.2 Å². The van der Waals surface area contributed by atoms with E-state index in [9.17, 15) is 14.4 Å². The number of nitrogens with one attached hydrogen (secondary N) is 1. The number of hydrogen-bond acceptors (Lipinski definition) is 8. The number of methoxy groups -OCH3 is 1. The van der Waals surface area contributed by atoms with E-state index in [-0.39, 0.29) is 18.2 Å². The molecule has 2 aliphatic heterocycles. The monoisotopic (exact) mass is 444 g/mol. The molecule has 2 fully saturated rings. The predicted octanol–water partition coefficient (Wildman–Crippen LogP) is 1.15. The molecule has 164 valence electrons. The summed E-state index contributed by atoms with van der Waals surface area (Å²) >= 11 is 1.39. The number of piperazine rings is 1. The summed E-state index contributed by atoms with van der Waals surface area (Å²) in [4.78, 5) is 46.1.